The first-order valence-corrected chi connectivity index (χ1v) is 4.54. The Morgan fingerprint density at radius 2 is 1.91 bits per heavy atom. The van der Waals surface area contributed by atoms with E-state index in [1.165, 1.54) is 13.1 Å². The first kappa shape index (κ1) is 10.9. The van der Waals surface area contributed by atoms with Crippen molar-refractivity contribution in [2.45, 2.75) is 20.8 Å². The van der Waals surface area contributed by atoms with Crippen LogP contribution in [-0.2, 0) is 4.74 Å². The van der Waals surface area contributed by atoms with Crippen LogP contribution in [0.1, 0.15) is 20.8 Å². The Morgan fingerprint density at radius 1 is 1.36 bits per heavy atom. The fraction of sp³-hybridized carbons (Fsp3) is 1.00. The summed E-state index contributed by atoms with van der Waals surface area (Å²) in [5, 5.41) is 0. The van der Waals surface area contributed by atoms with E-state index in [9.17, 15) is 0 Å². The van der Waals surface area contributed by atoms with Crippen molar-refractivity contribution in [3.63, 3.8) is 0 Å². The molecular weight excluding hydrogens is 138 g/mol. The summed E-state index contributed by atoms with van der Waals surface area (Å²) >= 11 is 0. The lowest BCUT2D eigenvalue weighted by Crippen LogP contribution is -2.46. The summed E-state index contributed by atoms with van der Waals surface area (Å²) in [5.41, 5.74) is 0. The molecule has 1 heterocycles. The van der Waals surface area contributed by atoms with Gasteiger partial charge in [0, 0.05) is 26.7 Å². The van der Waals surface area contributed by atoms with Crippen molar-refractivity contribution in [1.29, 1.82) is 0 Å². The highest BCUT2D eigenvalue weighted by molar-refractivity contribution is 4.75. The van der Waals surface area contributed by atoms with Gasteiger partial charge in [0.25, 0.3) is 0 Å². The second-order valence-corrected chi connectivity index (χ2v) is 2.86. The number of hydrogen-bond acceptors (Lipinski definition) is 2. The average Bonchev–Trinajstić information content (AvgIpc) is 2.00. The summed E-state index contributed by atoms with van der Waals surface area (Å²) in [7, 11) is 1.75. The van der Waals surface area contributed by atoms with Crippen LogP contribution in [0.2, 0.25) is 0 Å². The van der Waals surface area contributed by atoms with Crippen LogP contribution in [0.25, 0.3) is 0 Å². The second-order valence-electron chi connectivity index (χ2n) is 2.86. The largest absolute Gasteiger partial charge is 0.383 e. The van der Waals surface area contributed by atoms with Crippen molar-refractivity contribution in [2.24, 2.45) is 5.92 Å². The highest BCUT2D eigenvalue weighted by atomic mass is 16.5. The molecule has 2 heteroatoms. The maximum atomic E-state index is 4.94. The zero-order chi connectivity index (χ0) is 8.69. The fourth-order valence-corrected chi connectivity index (χ4v) is 1.23. The van der Waals surface area contributed by atoms with Crippen molar-refractivity contribution in [2.75, 3.05) is 33.4 Å². The molecule has 0 radical (unpaired) electrons. The Balaban J connectivity index is 0.000000461. The predicted molar refractivity (Wildman–Crippen MR) is 48.8 cm³/mol. The SMILES string of the molecule is CC.COCCN1CC(C)C1. The van der Waals surface area contributed by atoms with Gasteiger partial charge < -0.3 is 9.64 Å². The zero-order valence-electron chi connectivity index (χ0n) is 8.26. The van der Waals surface area contributed by atoms with Crippen LogP contribution < -0.4 is 0 Å². The molecule has 1 aliphatic heterocycles. The monoisotopic (exact) mass is 159 g/mol. The molecule has 0 N–H and O–H groups in total. The summed E-state index contributed by atoms with van der Waals surface area (Å²) in [5.74, 6) is 0.918. The molecule has 0 atom stereocenters. The smallest absolute Gasteiger partial charge is 0.0589 e. The molecule has 0 saturated carbocycles. The maximum absolute atomic E-state index is 4.94. The van der Waals surface area contributed by atoms with Gasteiger partial charge in [-0.3, -0.25) is 0 Å². The summed E-state index contributed by atoms with van der Waals surface area (Å²) in [4.78, 5) is 2.41. The van der Waals surface area contributed by atoms with Crippen LogP contribution in [0.5, 0.6) is 0 Å². The molecule has 0 aromatic rings. The Kier molecular flexibility index (Phi) is 6.57. The van der Waals surface area contributed by atoms with Gasteiger partial charge in [-0.15, -0.1) is 0 Å². The number of ether oxygens (including phenoxy) is 1. The average molecular weight is 159 g/mol. The van der Waals surface area contributed by atoms with Crippen LogP contribution >= 0.6 is 0 Å². The second kappa shape index (κ2) is 6.62. The first-order valence-electron chi connectivity index (χ1n) is 4.54. The van der Waals surface area contributed by atoms with E-state index >= 15 is 0 Å². The van der Waals surface area contributed by atoms with Crippen molar-refractivity contribution in [3.8, 4) is 0 Å². The van der Waals surface area contributed by atoms with E-state index in [4.69, 9.17) is 4.74 Å². The van der Waals surface area contributed by atoms with Gasteiger partial charge in [-0.05, 0) is 5.92 Å². The first-order chi connectivity index (χ1) is 5.33. The van der Waals surface area contributed by atoms with Crippen LogP contribution in [0.4, 0.5) is 0 Å². The van der Waals surface area contributed by atoms with E-state index in [-0.39, 0.29) is 0 Å². The third-order valence-electron chi connectivity index (χ3n) is 1.75. The minimum atomic E-state index is 0.882. The molecule has 0 aromatic carbocycles. The molecule has 0 bridgehead atoms. The fourth-order valence-electron chi connectivity index (χ4n) is 1.23. The molecule has 1 aliphatic rings. The van der Waals surface area contributed by atoms with Crippen LogP contribution in [0.3, 0.4) is 0 Å². The third kappa shape index (κ3) is 4.38. The van der Waals surface area contributed by atoms with Crippen molar-refractivity contribution in [1.82, 2.24) is 4.90 Å². The van der Waals surface area contributed by atoms with Crippen LogP contribution in [0, 0.1) is 5.92 Å². The summed E-state index contributed by atoms with van der Waals surface area (Å²) in [6.45, 7) is 10.8. The normalized spacial score (nSPS) is 18.5. The lowest BCUT2D eigenvalue weighted by Gasteiger charge is -2.36. The number of hydrogen-bond donors (Lipinski definition) is 0. The van der Waals surface area contributed by atoms with E-state index in [1.807, 2.05) is 13.8 Å². The van der Waals surface area contributed by atoms with Gasteiger partial charge in [0.05, 0.1) is 6.61 Å². The Hall–Kier alpha value is -0.0800. The number of methoxy groups -OCH3 is 1. The van der Waals surface area contributed by atoms with Crippen molar-refractivity contribution >= 4 is 0 Å². The Morgan fingerprint density at radius 3 is 2.27 bits per heavy atom. The van der Waals surface area contributed by atoms with Gasteiger partial charge in [0.2, 0.25) is 0 Å². The number of nitrogens with zero attached hydrogens (tertiary/aromatic N) is 1. The summed E-state index contributed by atoms with van der Waals surface area (Å²) < 4.78 is 4.94. The van der Waals surface area contributed by atoms with E-state index in [0.29, 0.717) is 0 Å². The van der Waals surface area contributed by atoms with Gasteiger partial charge in [-0.2, -0.15) is 0 Å². The molecule has 2 nitrogen and oxygen atoms in total. The Bertz CT molecular complexity index is 79.6. The van der Waals surface area contributed by atoms with Gasteiger partial charge >= 0.3 is 0 Å². The van der Waals surface area contributed by atoms with Crippen molar-refractivity contribution < 1.29 is 4.74 Å². The molecular formula is C9H21NO. The van der Waals surface area contributed by atoms with Gasteiger partial charge in [-0.25, -0.2) is 0 Å². The van der Waals surface area contributed by atoms with E-state index in [0.717, 1.165) is 19.1 Å². The van der Waals surface area contributed by atoms with E-state index in [1.54, 1.807) is 7.11 Å². The topological polar surface area (TPSA) is 12.5 Å². The molecule has 0 unspecified atom stereocenters. The van der Waals surface area contributed by atoms with E-state index < -0.39 is 0 Å². The molecule has 0 aliphatic carbocycles. The molecule has 0 amide bonds. The van der Waals surface area contributed by atoms with Gasteiger partial charge in [0.1, 0.15) is 0 Å². The van der Waals surface area contributed by atoms with Crippen molar-refractivity contribution in [3.05, 3.63) is 0 Å². The molecule has 1 rings (SSSR count). The minimum Gasteiger partial charge on any atom is -0.383 e. The highest BCUT2D eigenvalue weighted by Gasteiger charge is 2.20. The quantitative estimate of drug-likeness (QED) is 0.620. The lowest BCUT2D eigenvalue weighted by molar-refractivity contribution is 0.0728. The van der Waals surface area contributed by atoms with Gasteiger partial charge in [-0.1, -0.05) is 20.8 Å². The highest BCUT2D eigenvalue weighted by Crippen LogP contribution is 2.12. The Labute approximate surface area is 70.5 Å². The third-order valence-corrected chi connectivity index (χ3v) is 1.75. The number of rotatable bonds is 3. The minimum absolute atomic E-state index is 0.882. The molecule has 11 heavy (non-hydrogen) atoms. The van der Waals surface area contributed by atoms with Gasteiger partial charge in [0.15, 0.2) is 0 Å². The van der Waals surface area contributed by atoms with Crippen LogP contribution in [-0.4, -0.2) is 38.3 Å². The zero-order valence-corrected chi connectivity index (χ0v) is 8.26. The summed E-state index contributed by atoms with van der Waals surface area (Å²) in [6.07, 6.45) is 0. The standard InChI is InChI=1S/C7H15NO.C2H6/c1-7-5-8(6-7)3-4-9-2;1-2/h7H,3-6H2,1-2H3;1-2H3. The summed E-state index contributed by atoms with van der Waals surface area (Å²) in [6, 6.07) is 0. The lowest BCUT2D eigenvalue weighted by atomic mass is 10.0. The predicted octanol–water partition coefficient (Wildman–Crippen LogP) is 1.61. The van der Waals surface area contributed by atoms with E-state index in [2.05, 4.69) is 11.8 Å². The maximum Gasteiger partial charge on any atom is 0.0589 e. The molecule has 68 valence electrons. The molecule has 0 aromatic heterocycles. The number of likely N-dealkylation sites (tertiary alicyclic amines) is 1. The van der Waals surface area contributed by atoms with Crippen LogP contribution in [0.15, 0.2) is 0 Å². The molecule has 1 saturated heterocycles. The molecule has 1 fully saturated rings. The molecule has 0 spiro atoms.